The van der Waals surface area contributed by atoms with E-state index < -0.39 is 0 Å². The molecule has 1 N–H and O–H groups in total. The van der Waals surface area contributed by atoms with E-state index >= 15 is 0 Å². The van der Waals surface area contributed by atoms with E-state index in [4.69, 9.17) is 23.2 Å². The average Bonchev–Trinajstić information content (AvgIpc) is 2.38. The van der Waals surface area contributed by atoms with E-state index in [1.54, 1.807) is 6.07 Å². The minimum absolute atomic E-state index is 0.326. The second-order valence-electron chi connectivity index (χ2n) is 4.53. The fraction of sp³-hybridized carbons (Fsp3) is 0.200. The van der Waals surface area contributed by atoms with Crippen molar-refractivity contribution in [3.8, 4) is 0 Å². The molecule has 1 nitrogen and oxygen atoms in total. The fourth-order valence-corrected chi connectivity index (χ4v) is 3.98. The second kappa shape index (κ2) is 5.66. The van der Waals surface area contributed by atoms with Crippen LogP contribution in [0.1, 0.15) is 18.0 Å². The zero-order valence-electron chi connectivity index (χ0n) is 10.2. The van der Waals surface area contributed by atoms with Gasteiger partial charge in [0.2, 0.25) is 0 Å². The molecule has 19 heavy (non-hydrogen) atoms. The minimum atomic E-state index is 0.326. The van der Waals surface area contributed by atoms with Gasteiger partial charge < -0.3 is 5.32 Å². The maximum atomic E-state index is 6.04. The van der Waals surface area contributed by atoms with Crippen LogP contribution in [-0.2, 0) is 0 Å². The molecule has 0 aromatic heterocycles. The van der Waals surface area contributed by atoms with Gasteiger partial charge in [0.1, 0.15) is 0 Å². The van der Waals surface area contributed by atoms with Crippen molar-refractivity contribution in [3.05, 3.63) is 58.1 Å². The predicted octanol–water partition coefficient (Wildman–Crippen LogP) is 5.64. The van der Waals surface area contributed by atoms with Crippen LogP contribution in [0, 0.1) is 0 Å². The van der Waals surface area contributed by atoms with Gasteiger partial charge in [-0.2, -0.15) is 0 Å². The predicted molar refractivity (Wildman–Crippen MR) is 84.6 cm³/mol. The summed E-state index contributed by atoms with van der Waals surface area (Å²) in [5.41, 5.74) is 2.33. The molecule has 3 rings (SSSR count). The zero-order chi connectivity index (χ0) is 13.2. The molecule has 0 amide bonds. The van der Waals surface area contributed by atoms with Crippen LogP contribution in [-0.4, -0.2) is 5.75 Å². The molecule has 0 aliphatic carbocycles. The summed E-state index contributed by atoms with van der Waals surface area (Å²) in [4.78, 5) is 1.36. The van der Waals surface area contributed by atoms with E-state index in [1.807, 2.05) is 23.9 Å². The van der Waals surface area contributed by atoms with Crippen LogP contribution in [0.4, 0.5) is 5.69 Å². The quantitative estimate of drug-likeness (QED) is 0.770. The molecule has 0 saturated heterocycles. The summed E-state index contributed by atoms with van der Waals surface area (Å²) in [7, 11) is 0. The Morgan fingerprint density at radius 3 is 2.58 bits per heavy atom. The lowest BCUT2D eigenvalue weighted by Crippen LogP contribution is -2.15. The first-order valence-corrected chi connectivity index (χ1v) is 7.91. The molecule has 0 bridgehead atoms. The highest BCUT2D eigenvalue weighted by molar-refractivity contribution is 7.99. The van der Waals surface area contributed by atoms with Gasteiger partial charge in [-0.1, -0.05) is 41.4 Å². The summed E-state index contributed by atoms with van der Waals surface area (Å²) in [5.74, 6) is 1.13. The van der Waals surface area contributed by atoms with Crippen molar-refractivity contribution in [2.24, 2.45) is 0 Å². The second-order valence-corrected chi connectivity index (χ2v) is 6.54. The van der Waals surface area contributed by atoms with E-state index in [2.05, 4.69) is 29.6 Å². The zero-order valence-corrected chi connectivity index (χ0v) is 12.5. The first-order chi connectivity index (χ1) is 9.22. The standard InChI is InChI=1S/C15H13Cl2NS/c16-10-7-11(17)9-12(8-10)18-14-5-6-19-15-4-2-1-3-13(14)15/h1-4,7-9,14,18H,5-6H2. The summed E-state index contributed by atoms with van der Waals surface area (Å²) in [6.07, 6.45) is 1.10. The number of halogens is 2. The molecule has 1 unspecified atom stereocenters. The normalized spacial score (nSPS) is 17.9. The minimum Gasteiger partial charge on any atom is -0.378 e. The smallest absolute Gasteiger partial charge is 0.0532 e. The van der Waals surface area contributed by atoms with Crippen LogP contribution in [0.15, 0.2) is 47.4 Å². The molecule has 1 aliphatic heterocycles. The molecule has 1 aliphatic rings. The molecule has 0 saturated carbocycles. The Kier molecular flexibility index (Phi) is 3.92. The van der Waals surface area contributed by atoms with Crippen LogP contribution in [0.2, 0.25) is 10.0 Å². The third-order valence-corrected chi connectivity index (χ3v) is 4.72. The number of benzene rings is 2. The van der Waals surface area contributed by atoms with Crippen molar-refractivity contribution in [1.29, 1.82) is 0 Å². The molecule has 0 radical (unpaired) electrons. The van der Waals surface area contributed by atoms with E-state index in [-0.39, 0.29) is 0 Å². The van der Waals surface area contributed by atoms with Crippen LogP contribution in [0.5, 0.6) is 0 Å². The molecule has 1 atom stereocenters. The number of thioether (sulfide) groups is 1. The van der Waals surface area contributed by atoms with E-state index in [0.717, 1.165) is 17.9 Å². The fourth-order valence-electron chi connectivity index (χ4n) is 2.33. The van der Waals surface area contributed by atoms with Gasteiger partial charge in [-0.25, -0.2) is 0 Å². The SMILES string of the molecule is Clc1cc(Cl)cc(NC2CCSc3ccccc32)c1. The Labute approximate surface area is 127 Å². The Morgan fingerprint density at radius 2 is 1.79 bits per heavy atom. The Hall–Kier alpha value is -0.830. The van der Waals surface area contributed by atoms with Crippen molar-refractivity contribution >= 4 is 40.7 Å². The highest BCUT2D eigenvalue weighted by Crippen LogP contribution is 2.38. The maximum absolute atomic E-state index is 6.04. The van der Waals surface area contributed by atoms with Crippen LogP contribution < -0.4 is 5.32 Å². The van der Waals surface area contributed by atoms with Crippen LogP contribution in [0.25, 0.3) is 0 Å². The lowest BCUT2D eigenvalue weighted by atomic mass is 10.0. The Morgan fingerprint density at radius 1 is 1.05 bits per heavy atom. The number of anilines is 1. The number of nitrogens with one attached hydrogen (secondary N) is 1. The molecule has 98 valence electrons. The largest absolute Gasteiger partial charge is 0.378 e. The lowest BCUT2D eigenvalue weighted by Gasteiger charge is -2.26. The molecule has 2 aromatic carbocycles. The number of hydrogen-bond donors (Lipinski definition) is 1. The van der Waals surface area contributed by atoms with Gasteiger partial charge in [0.05, 0.1) is 6.04 Å². The molecule has 0 spiro atoms. The molecule has 2 aromatic rings. The van der Waals surface area contributed by atoms with Crippen molar-refractivity contribution < 1.29 is 0 Å². The van der Waals surface area contributed by atoms with Crippen molar-refractivity contribution in [2.45, 2.75) is 17.4 Å². The van der Waals surface area contributed by atoms with Crippen molar-refractivity contribution in [1.82, 2.24) is 0 Å². The molecule has 1 heterocycles. The molecule has 4 heteroatoms. The van der Waals surface area contributed by atoms with Gasteiger partial charge in [0, 0.05) is 26.4 Å². The summed E-state index contributed by atoms with van der Waals surface area (Å²) in [6, 6.07) is 14.4. The highest BCUT2D eigenvalue weighted by atomic mass is 35.5. The Balaban J connectivity index is 1.88. The van der Waals surface area contributed by atoms with Gasteiger partial charge in [0.25, 0.3) is 0 Å². The lowest BCUT2D eigenvalue weighted by molar-refractivity contribution is 0.728. The van der Waals surface area contributed by atoms with Gasteiger partial charge in [-0.15, -0.1) is 11.8 Å². The molecular formula is C15H13Cl2NS. The number of fused-ring (bicyclic) bond motifs is 1. The summed E-state index contributed by atoms with van der Waals surface area (Å²) >= 11 is 14.0. The average molecular weight is 310 g/mol. The van der Waals surface area contributed by atoms with E-state index in [1.165, 1.54) is 10.5 Å². The van der Waals surface area contributed by atoms with Crippen LogP contribution in [0.3, 0.4) is 0 Å². The topological polar surface area (TPSA) is 12.0 Å². The maximum Gasteiger partial charge on any atom is 0.0532 e. The van der Waals surface area contributed by atoms with Crippen molar-refractivity contribution in [3.63, 3.8) is 0 Å². The third kappa shape index (κ3) is 3.02. The van der Waals surface area contributed by atoms with E-state index in [9.17, 15) is 0 Å². The third-order valence-electron chi connectivity index (χ3n) is 3.16. The van der Waals surface area contributed by atoms with Gasteiger partial charge in [-0.3, -0.25) is 0 Å². The van der Waals surface area contributed by atoms with Gasteiger partial charge in [-0.05, 0) is 36.2 Å². The van der Waals surface area contributed by atoms with Crippen molar-refractivity contribution in [2.75, 3.05) is 11.1 Å². The summed E-state index contributed by atoms with van der Waals surface area (Å²) < 4.78 is 0. The summed E-state index contributed by atoms with van der Waals surface area (Å²) in [6.45, 7) is 0. The molecule has 0 fully saturated rings. The summed E-state index contributed by atoms with van der Waals surface area (Å²) in [5, 5.41) is 4.86. The molecular weight excluding hydrogens is 297 g/mol. The van der Waals surface area contributed by atoms with E-state index in [0.29, 0.717) is 16.1 Å². The highest BCUT2D eigenvalue weighted by Gasteiger charge is 2.20. The Bertz CT molecular complexity index is 580. The number of rotatable bonds is 2. The van der Waals surface area contributed by atoms with Gasteiger partial charge >= 0.3 is 0 Å². The first kappa shape index (κ1) is 13.2. The first-order valence-electron chi connectivity index (χ1n) is 6.17. The number of hydrogen-bond acceptors (Lipinski definition) is 2. The van der Waals surface area contributed by atoms with Crippen LogP contribution >= 0.6 is 35.0 Å². The monoisotopic (exact) mass is 309 g/mol. The van der Waals surface area contributed by atoms with Gasteiger partial charge in [0.15, 0.2) is 0 Å².